The zero-order chi connectivity index (χ0) is 13.2. The van der Waals surface area contributed by atoms with Crippen molar-refractivity contribution in [2.75, 3.05) is 59.7 Å². The molecule has 1 fully saturated rings. The lowest BCUT2D eigenvalue weighted by atomic mass is 10.2. The summed E-state index contributed by atoms with van der Waals surface area (Å²) in [6, 6.07) is 2.34. The van der Waals surface area contributed by atoms with E-state index in [-0.39, 0.29) is 6.04 Å². The lowest BCUT2D eigenvalue weighted by molar-refractivity contribution is 0.0597. The molecule has 0 bridgehead atoms. The number of ether oxygens (including phenoxy) is 2. The Kier molecular flexibility index (Phi) is 7.94. The molecule has 18 heavy (non-hydrogen) atoms. The summed E-state index contributed by atoms with van der Waals surface area (Å²) in [6.07, 6.45) is 1.07. The molecular formula is C13H25N3O2. The highest BCUT2D eigenvalue weighted by Gasteiger charge is 2.20. The number of nitriles is 1. The molecule has 1 saturated heterocycles. The van der Waals surface area contributed by atoms with E-state index in [1.54, 1.807) is 7.11 Å². The summed E-state index contributed by atoms with van der Waals surface area (Å²) in [7, 11) is 1.69. The maximum atomic E-state index is 8.87. The Morgan fingerprint density at radius 1 is 1.17 bits per heavy atom. The number of methoxy groups -OCH3 is 1. The Morgan fingerprint density at radius 2 is 1.89 bits per heavy atom. The first-order valence-electron chi connectivity index (χ1n) is 6.70. The van der Waals surface area contributed by atoms with Gasteiger partial charge in [0.1, 0.15) is 0 Å². The highest BCUT2D eigenvalue weighted by molar-refractivity contribution is 4.90. The molecule has 0 radical (unpaired) electrons. The first-order chi connectivity index (χ1) is 8.77. The number of hydrogen-bond acceptors (Lipinski definition) is 5. The summed E-state index contributed by atoms with van der Waals surface area (Å²) < 4.78 is 10.4. The van der Waals surface area contributed by atoms with Crippen molar-refractivity contribution in [3.63, 3.8) is 0 Å². The number of hydrogen-bond donors (Lipinski definition) is 0. The zero-order valence-corrected chi connectivity index (χ0v) is 11.6. The minimum absolute atomic E-state index is 0.0459. The van der Waals surface area contributed by atoms with Gasteiger partial charge in [0.05, 0.1) is 25.3 Å². The summed E-state index contributed by atoms with van der Waals surface area (Å²) in [5.41, 5.74) is 0. The van der Waals surface area contributed by atoms with E-state index in [2.05, 4.69) is 15.9 Å². The van der Waals surface area contributed by atoms with E-state index in [0.29, 0.717) is 13.2 Å². The van der Waals surface area contributed by atoms with Gasteiger partial charge in [-0.3, -0.25) is 4.90 Å². The van der Waals surface area contributed by atoms with E-state index < -0.39 is 0 Å². The summed E-state index contributed by atoms with van der Waals surface area (Å²) in [4.78, 5) is 4.69. The maximum absolute atomic E-state index is 8.87. The minimum atomic E-state index is 0.0459. The van der Waals surface area contributed by atoms with Crippen molar-refractivity contribution < 1.29 is 9.47 Å². The van der Waals surface area contributed by atoms with Gasteiger partial charge >= 0.3 is 0 Å². The third kappa shape index (κ3) is 5.78. The number of nitrogens with zero attached hydrogens (tertiary/aromatic N) is 3. The molecule has 1 aliphatic heterocycles. The summed E-state index contributed by atoms with van der Waals surface area (Å²) >= 11 is 0. The van der Waals surface area contributed by atoms with Crippen molar-refractivity contribution >= 4 is 0 Å². The molecule has 1 heterocycles. The Hall–Kier alpha value is -0.670. The number of piperazine rings is 1. The van der Waals surface area contributed by atoms with Crippen LogP contribution in [0.1, 0.15) is 13.3 Å². The highest BCUT2D eigenvalue weighted by atomic mass is 16.5. The van der Waals surface area contributed by atoms with Gasteiger partial charge in [-0.2, -0.15) is 5.26 Å². The fourth-order valence-corrected chi connectivity index (χ4v) is 2.09. The van der Waals surface area contributed by atoms with Gasteiger partial charge in [0.2, 0.25) is 0 Å². The Morgan fingerprint density at radius 3 is 2.50 bits per heavy atom. The quantitative estimate of drug-likeness (QED) is 0.593. The van der Waals surface area contributed by atoms with Gasteiger partial charge in [-0.05, 0) is 13.3 Å². The van der Waals surface area contributed by atoms with E-state index in [9.17, 15) is 0 Å². The van der Waals surface area contributed by atoms with Gasteiger partial charge in [0.15, 0.2) is 0 Å². The first-order valence-corrected chi connectivity index (χ1v) is 6.70. The summed E-state index contributed by atoms with van der Waals surface area (Å²) in [5.74, 6) is 0. The lowest BCUT2D eigenvalue weighted by Crippen LogP contribution is -2.49. The van der Waals surface area contributed by atoms with Crippen molar-refractivity contribution in [3.05, 3.63) is 0 Å². The van der Waals surface area contributed by atoms with Crippen LogP contribution in [0.25, 0.3) is 0 Å². The largest absolute Gasteiger partial charge is 0.382 e. The van der Waals surface area contributed by atoms with Crippen LogP contribution in [-0.2, 0) is 9.47 Å². The molecule has 0 aromatic carbocycles. The van der Waals surface area contributed by atoms with Gasteiger partial charge in [-0.1, -0.05) is 0 Å². The predicted octanol–water partition coefficient (Wildman–Crippen LogP) is 0.569. The van der Waals surface area contributed by atoms with Crippen LogP contribution in [0.5, 0.6) is 0 Å². The molecular weight excluding hydrogens is 230 g/mol. The Balaban J connectivity index is 2.01. The smallest absolute Gasteiger partial charge is 0.0950 e. The second-order valence-corrected chi connectivity index (χ2v) is 4.64. The van der Waals surface area contributed by atoms with Crippen molar-refractivity contribution in [3.8, 4) is 6.07 Å². The van der Waals surface area contributed by atoms with Gasteiger partial charge in [-0.15, -0.1) is 0 Å². The molecule has 0 spiro atoms. The van der Waals surface area contributed by atoms with E-state index in [0.717, 1.165) is 45.8 Å². The van der Waals surface area contributed by atoms with E-state index in [4.69, 9.17) is 14.7 Å². The second kappa shape index (κ2) is 9.29. The Labute approximate surface area is 110 Å². The first kappa shape index (κ1) is 15.4. The van der Waals surface area contributed by atoms with Crippen molar-refractivity contribution in [2.45, 2.75) is 19.4 Å². The normalized spacial score (nSPS) is 19.6. The predicted molar refractivity (Wildman–Crippen MR) is 70.4 cm³/mol. The molecule has 0 aromatic rings. The molecule has 0 saturated carbocycles. The van der Waals surface area contributed by atoms with Crippen LogP contribution in [0.2, 0.25) is 0 Å². The SMILES string of the molecule is COCCOCCCN1CCN(C(C)C#N)CC1. The summed E-state index contributed by atoms with van der Waals surface area (Å²) in [5, 5.41) is 8.87. The molecule has 1 atom stereocenters. The van der Waals surface area contributed by atoms with E-state index in [1.807, 2.05) is 6.92 Å². The van der Waals surface area contributed by atoms with Crippen LogP contribution in [0.3, 0.4) is 0 Å². The van der Waals surface area contributed by atoms with Crippen LogP contribution in [-0.4, -0.2) is 75.5 Å². The van der Waals surface area contributed by atoms with E-state index >= 15 is 0 Å². The number of rotatable bonds is 8. The van der Waals surface area contributed by atoms with E-state index in [1.165, 1.54) is 0 Å². The fraction of sp³-hybridized carbons (Fsp3) is 0.923. The van der Waals surface area contributed by atoms with Gasteiger partial charge in [-0.25, -0.2) is 0 Å². The molecule has 1 rings (SSSR count). The van der Waals surface area contributed by atoms with Gasteiger partial charge in [0, 0.05) is 46.4 Å². The molecule has 1 aliphatic rings. The maximum Gasteiger partial charge on any atom is 0.0950 e. The molecule has 104 valence electrons. The molecule has 0 aliphatic carbocycles. The Bertz CT molecular complexity index is 247. The zero-order valence-electron chi connectivity index (χ0n) is 11.6. The van der Waals surface area contributed by atoms with Gasteiger partial charge in [0.25, 0.3) is 0 Å². The van der Waals surface area contributed by atoms with Crippen LogP contribution in [0, 0.1) is 11.3 Å². The van der Waals surface area contributed by atoms with Crippen LogP contribution in [0.15, 0.2) is 0 Å². The highest BCUT2D eigenvalue weighted by Crippen LogP contribution is 2.06. The van der Waals surface area contributed by atoms with Crippen LogP contribution in [0.4, 0.5) is 0 Å². The molecule has 5 heteroatoms. The average Bonchev–Trinajstić information content (AvgIpc) is 2.42. The third-order valence-electron chi connectivity index (χ3n) is 3.34. The van der Waals surface area contributed by atoms with Crippen molar-refractivity contribution in [1.82, 2.24) is 9.80 Å². The van der Waals surface area contributed by atoms with Crippen molar-refractivity contribution in [2.24, 2.45) is 0 Å². The monoisotopic (exact) mass is 255 g/mol. The molecule has 5 nitrogen and oxygen atoms in total. The summed E-state index contributed by atoms with van der Waals surface area (Å²) in [6.45, 7) is 9.33. The molecule has 0 N–H and O–H groups in total. The topological polar surface area (TPSA) is 48.7 Å². The molecule has 0 aromatic heterocycles. The van der Waals surface area contributed by atoms with Gasteiger partial charge < -0.3 is 14.4 Å². The third-order valence-corrected chi connectivity index (χ3v) is 3.34. The molecule has 1 unspecified atom stereocenters. The second-order valence-electron chi connectivity index (χ2n) is 4.64. The lowest BCUT2D eigenvalue weighted by Gasteiger charge is -2.35. The standard InChI is InChI=1S/C13H25N3O2/c1-13(12-14)16-7-5-15(6-8-16)4-3-9-18-11-10-17-2/h13H,3-11H2,1-2H3. The van der Waals surface area contributed by atoms with Crippen LogP contribution < -0.4 is 0 Å². The fourth-order valence-electron chi connectivity index (χ4n) is 2.09. The van der Waals surface area contributed by atoms with Crippen molar-refractivity contribution in [1.29, 1.82) is 5.26 Å². The minimum Gasteiger partial charge on any atom is -0.382 e. The van der Waals surface area contributed by atoms with Crippen LogP contribution >= 0.6 is 0 Å². The average molecular weight is 255 g/mol. The molecule has 0 amide bonds.